The standard InChI is InChI=1S/C21H17N3O5/c1-14(25)16-7-9-17(10-8-16)22-20(26)19-6-3-11-23(21(19)27)13-15-4-2-5-18(12-15)24(28)29/h2-12H,13H2,1H3,(H,22,26). The molecule has 1 aromatic heterocycles. The van der Waals surface area contributed by atoms with Crippen LogP contribution in [0.3, 0.4) is 0 Å². The monoisotopic (exact) mass is 391 g/mol. The molecular formula is C21H17N3O5. The molecule has 0 saturated heterocycles. The number of nitrogens with one attached hydrogen (secondary N) is 1. The molecular weight excluding hydrogens is 374 g/mol. The predicted octanol–water partition coefficient (Wildman–Crippen LogP) is 3.26. The lowest BCUT2D eigenvalue weighted by Gasteiger charge is -2.09. The first-order valence-electron chi connectivity index (χ1n) is 8.70. The van der Waals surface area contributed by atoms with E-state index in [-0.39, 0.29) is 23.6 Å². The van der Waals surface area contributed by atoms with Gasteiger partial charge in [0.15, 0.2) is 5.78 Å². The van der Waals surface area contributed by atoms with Crippen LogP contribution in [0.5, 0.6) is 0 Å². The second-order valence-corrected chi connectivity index (χ2v) is 6.37. The summed E-state index contributed by atoms with van der Waals surface area (Å²) < 4.78 is 1.31. The molecule has 0 bridgehead atoms. The Bertz CT molecular complexity index is 1150. The molecule has 0 spiro atoms. The van der Waals surface area contributed by atoms with Gasteiger partial charge < -0.3 is 9.88 Å². The van der Waals surface area contributed by atoms with Crippen LogP contribution in [0.4, 0.5) is 11.4 Å². The smallest absolute Gasteiger partial charge is 0.269 e. The lowest BCUT2D eigenvalue weighted by atomic mass is 10.1. The van der Waals surface area contributed by atoms with Crippen molar-refractivity contribution in [1.29, 1.82) is 0 Å². The van der Waals surface area contributed by atoms with Gasteiger partial charge in [0.05, 0.1) is 11.5 Å². The number of aromatic nitrogens is 1. The number of carbonyl (C=O) groups is 2. The lowest BCUT2D eigenvalue weighted by Crippen LogP contribution is -2.29. The number of ketones is 1. The molecule has 3 rings (SSSR count). The van der Waals surface area contributed by atoms with E-state index in [1.54, 1.807) is 42.5 Å². The van der Waals surface area contributed by atoms with Crippen LogP contribution in [-0.2, 0) is 6.54 Å². The molecule has 1 amide bonds. The first-order valence-corrected chi connectivity index (χ1v) is 8.70. The number of amides is 1. The number of pyridine rings is 1. The summed E-state index contributed by atoms with van der Waals surface area (Å²) in [6, 6.07) is 15.3. The number of hydrogen-bond donors (Lipinski definition) is 1. The summed E-state index contributed by atoms with van der Waals surface area (Å²) in [6.45, 7) is 1.54. The summed E-state index contributed by atoms with van der Waals surface area (Å²) in [4.78, 5) is 46.9. The molecule has 0 unspecified atom stereocenters. The summed E-state index contributed by atoms with van der Waals surface area (Å²) in [5, 5.41) is 13.5. The number of rotatable bonds is 6. The van der Waals surface area contributed by atoms with Crippen LogP contribution >= 0.6 is 0 Å². The van der Waals surface area contributed by atoms with Crippen LogP contribution in [0, 0.1) is 10.1 Å². The maximum Gasteiger partial charge on any atom is 0.269 e. The van der Waals surface area contributed by atoms with Gasteiger partial charge in [0.1, 0.15) is 5.56 Å². The molecule has 0 atom stereocenters. The van der Waals surface area contributed by atoms with Gasteiger partial charge in [-0.05, 0) is 48.9 Å². The van der Waals surface area contributed by atoms with E-state index >= 15 is 0 Å². The molecule has 1 N–H and O–H groups in total. The normalized spacial score (nSPS) is 10.4. The minimum absolute atomic E-state index is 0.0615. The van der Waals surface area contributed by atoms with Crippen LogP contribution in [0.1, 0.15) is 33.2 Å². The Morgan fingerprint density at radius 3 is 2.45 bits per heavy atom. The molecule has 1 heterocycles. The highest BCUT2D eigenvalue weighted by Crippen LogP contribution is 2.14. The fraction of sp³-hybridized carbons (Fsp3) is 0.0952. The van der Waals surface area contributed by atoms with Crippen molar-refractivity contribution in [1.82, 2.24) is 4.57 Å². The van der Waals surface area contributed by atoms with E-state index in [0.29, 0.717) is 16.8 Å². The summed E-state index contributed by atoms with van der Waals surface area (Å²) in [6.07, 6.45) is 1.51. The third-order valence-electron chi connectivity index (χ3n) is 4.29. The maximum absolute atomic E-state index is 12.7. The van der Waals surface area contributed by atoms with Crippen molar-refractivity contribution >= 4 is 23.1 Å². The van der Waals surface area contributed by atoms with Crippen LogP contribution in [0.15, 0.2) is 71.7 Å². The Morgan fingerprint density at radius 1 is 1.07 bits per heavy atom. The first-order chi connectivity index (χ1) is 13.8. The Kier molecular flexibility index (Phi) is 5.64. The van der Waals surface area contributed by atoms with Gasteiger partial charge in [0.25, 0.3) is 17.2 Å². The number of non-ortho nitro benzene ring substituents is 1. The molecule has 0 aliphatic heterocycles. The topological polar surface area (TPSA) is 111 Å². The van der Waals surface area contributed by atoms with Gasteiger partial charge >= 0.3 is 0 Å². The highest BCUT2D eigenvalue weighted by atomic mass is 16.6. The summed E-state index contributed by atoms with van der Waals surface area (Å²) in [5.74, 6) is -0.672. The number of Topliss-reactive ketones (excluding diaryl/α,β-unsaturated/α-hetero) is 1. The highest BCUT2D eigenvalue weighted by molar-refractivity contribution is 6.04. The molecule has 29 heavy (non-hydrogen) atoms. The van der Waals surface area contributed by atoms with Crippen molar-refractivity contribution in [2.75, 3.05) is 5.32 Å². The lowest BCUT2D eigenvalue weighted by molar-refractivity contribution is -0.384. The average molecular weight is 391 g/mol. The molecule has 8 heteroatoms. The molecule has 0 saturated carbocycles. The summed E-state index contributed by atoms with van der Waals surface area (Å²) >= 11 is 0. The maximum atomic E-state index is 12.7. The van der Waals surface area contributed by atoms with Gasteiger partial charge in [-0.15, -0.1) is 0 Å². The van der Waals surface area contributed by atoms with Gasteiger partial charge in [0.2, 0.25) is 0 Å². The van der Waals surface area contributed by atoms with Crippen LogP contribution in [0.2, 0.25) is 0 Å². The van der Waals surface area contributed by atoms with Gasteiger partial charge in [-0.1, -0.05) is 12.1 Å². The fourth-order valence-corrected chi connectivity index (χ4v) is 2.79. The van der Waals surface area contributed by atoms with Crippen molar-refractivity contribution in [3.63, 3.8) is 0 Å². The Morgan fingerprint density at radius 2 is 1.79 bits per heavy atom. The van der Waals surface area contributed by atoms with E-state index in [1.165, 1.54) is 35.9 Å². The van der Waals surface area contributed by atoms with E-state index in [0.717, 1.165) is 0 Å². The van der Waals surface area contributed by atoms with Gasteiger partial charge in [-0.3, -0.25) is 24.5 Å². The molecule has 0 fully saturated rings. The minimum atomic E-state index is -0.584. The van der Waals surface area contributed by atoms with E-state index in [1.807, 2.05) is 0 Å². The quantitative estimate of drug-likeness (QED) is 0.394. The van der Waals surface area contributed by atoms with E-state index in [2.05, 4.69) is 5.32 Å². The molecule has 146 valence electrons. The Balaban J connectivity index is 1.81. The number of benzene rings is 2. The minimum Gasteiger partial charge on any atom is -0.322 e. The molecule has 3 aromatic rings. The van der Waals surface area contributed by atoms with Crippen LogP contribution < -0.4 is 10.9 Å². The van der Waals surface area contributed by atoms with Crippen molar-refractivity contribution < 1.29 is 14.5 Å². The van der Waals surface area contributed by atoms with Gasteiger partial charge in [-0.25, -0.2) is 0 Å². The fourth-order valence-electron chi connectivity index (χ4n) is 2.79. The Labute approximate surface area is 165 Å². The first kappa shape index (κ1) is 19.7. The molecule has 0 aliphatic carbocycles. The zero-order valence-electron chi connectivity index (χ0n) is 15.5. The summed E-state index contributed by atoms with van der Waals surface area (Å²) in [7, 11) is 0. The van der Waals surface area contributed by atoms with Gasteiger partial charge in [-0.2, -0.15) is 0 Å². The molecule has 8 nitrogen and oxygen atoms in total. The largest absolute Gasteiger partial charge is 0.322 e. The van der Waals surface area contributed by atoms with Crippen molar-refractivity contribution in [3.05, 3.63) is 104 Å². The zero-order valence-corrected chi connectivity index (χ0v) is 15.5. The molecule has 0 radical (unpaired) electrons. The average Bonchev–Trinajstić information content (AvgIpc) is 2.70. The molecule has 0 aliphatic rings. The van der Waals surface area contributed by atoms with Crippen molar-refractivity contribution in [2.45, 2.75) is 13.5 Å². The van der Waals surface area contributed by atoms with Crippen LogP contribution in [-0.4, -0.2) is 21.2 Å². The van der Waals surface area contributed by atoms with E-state index in [9.17, 15) is 24.5 Å². The summed E-state index contributed by atoms with van der Waals surface area (Å²) in [5.41, 5.74) is 0.887. The number of carbonyl (C=O) groups excluding carboxylic acids is 2. The third kappa shape index (κ3) is 4.62. The number of nitrogens with zero attached hydrogens (tertiary/aromatic N) is 2. The van der Waals surface area contributed by atoms with E-state index in [4.69, 9.17) is 0 Å². The number of nitro benzene ring substituents is 1. The van der Waals surface area contributed by atoms with Gasteiger partial charge in [0, 0.05) is 29.6 Å². The second kappa shape index (κ2) is 8.30. The highest BCUT2D eigenvalue weighted by Gasteiger charge is 2.14. The number of nitro groups is 1. The molecule has 2 aromatic carbocycles. The van der Waals surface area contributed by atoms with E-state index < -0.39 is 16.4 Å². The number of hydrogen-bond acceptors (Lipinski definition) is 5. The second-order valence-electron chi connectivity index (χ2n) is 6.37. The SMILES string of the molecule is CC(=O)c1ccc(NC(=O)c2cccn(Cc3cccc([N+](=O)[O-])c3)c2=O)cc1. The van der Waals surface area contributed by atoms with Crippen LogP contribution in [0.25, 0.3) is 0 Å². The predicted molar refractivity (Wildman–Crippen MR) is 107 cm³/mol. The Hall–Kier alpha value is -4.07. The van der Waals surface area contributed by atoms with Crippen molar-refractivity contribution in [3.8, 4) is 0 Å². The number of anilines is 1. The van der Waals surface area contributed by atoms with Crippen molar-refractivity contribution in [2.24, 2.45) is 0 Å². The zero-order chi connectivity index (χ0) is 21.0. The third-order valence-corrected chi connectivity index (χ3v) is 4.29.